The van der Waals surface area contributed by atoms with Crippen molar-refractivity contribution in [2.75, 3.05) is 11.5 Å². The number of carbonyl (C=O) groups is 3. The maximum Gasteiger partial charge on any atom is 0.343 e. The molecule has 0 spiro atoms. The van der Waals surface area contributed by atoms with Crippen LogP contribution in [-0.2, 0) is 14.3 Å². The molecule has 2 aromatic heterocycles. The van der Waals surface area contributed by atoms with Crippen LogP contribution in [0.3, 0.4) is 0 Å². The highest BCUT2D eigenvalue weighted by atomic mass is 16.5. The van der Waals surface area contributed by atoms with E-state index in [1.54, 1.807) is 29.8 Å². The first-order chi connectivity index (χ1) is 15.1. The molecule has 2 aliphatic rings. The summed E-state index contributed by atoms with van der Waals surface area (Å²) in [4.78, 5) is 43.8. The van der Waals surface area contributed by atoms with Crippen LogP contribution in [0.4, 0.5) is 5.69 Å². The van der Waals surface area contributed by atoms with Gasteiger partial charge in [0.25, 0.3) is 0 Å². The standard InChI is InChI=1S/C23H22N4O4/c1-2-31-23(30)18-13-25-27-19(10-11-24-20(18)27)14-6-5-7-15(12-14)26-21(28)16-8-3-4-9-17(16)22(26)29/h5-7,10-13,16-17H,2-4,8-9H2,1H3/t16-,17+. The third-order valence-electron chi connectivity index (χ3n) is 6.14. The van der Waals surface area contributed by atoms with Crippen molar-refractivity contribution < 1.29 is 19.1 Å². The molecule has 1 aliphatic heterocycles. The van der Waals surface area contributed by atoms with E-state index in [9.17, 15) is 14.4 Å². The first kappa shape index (κ1) is 19.4. The molecule has 1 aliphatic carbocycles. The number of esters is 1. The van der Waals surface area contributed by atoms with Crippen LogP contribution in [0.5, 0.6) is 0 Å². The quantitative estimate of drug-likeness (QED) is 0.477. The minimum absolute atomic E-state index is 0.101. The molecule has 31 heavy (non-hydrogen) atoms. The molecule has 3 aromatic rings. The van der Waals surface area contributed by atoms with Gasteiger partial charge in [0, 0.05) is 11.8 Å². The van der Waals surface area contributed by atoms with Crippen LogP contribution in [0.15, 0.2) is 42.7 Å². The molecule has 1 aromatic carbocycles. The fourth-order valence-corrected chi connectivity index (χ4v) is 4.68. The number of hydrogen-bond acceptors (Lipinski definition) is 6. The minimum atomic E-state index is -0.480. The van der Waals surface area contributed by atoms with E-state index < -0.39 is 5.97 Å². The van der Waals surface area contributed by atoms with Crippen molar-refractivity contribution in [3.8, 4) is 11.3 Å². The molecule has 2 fully saturated rings. The molecule has 3 heterocycles. The zero-order valence-corrected chi connectivity index (χ0v) is 17.2. The van der Waals surface area contributed by atoms with Gasteiger partial charge in [0.1, 0.15) is 5.56 Å². The molecule has 158 valence electrons. The van der Waals surface area contributed by atoms with Crippen molar-refractivity contribution in [1.82, 2.24) is 14.6 Å². The Balaban J connectivity index is 1.54. The highest BCUT2D eigenvalue weighted by Gasteiger charge is 2.48. The molecule has 1 saturated carbocycles. The van der Waals surface area contributed by atoms with E-state index in [-0.39, 0.29) is 35.8 Å². The zero-order valence-electron chi connectivity index (χ0n) is 17.2. The lowest BCUT2D eigenvalue weighted by Crippen LogP contribution is -2.30. The van der Waals surface area contributed by atoms with Crippen molar-refractivity contribution in [3.63, 3.8) is 0 Å². The second kappa shape index (κ2) is 7.61. The number of ether oxygens (including phenoxy) is 1. The van der Waals surface area contributed by atoms with Crippen LogP contribution in [-0.4, -0.2) is 39.0 Å². The van der Waals surface area contributed by atoms with Gasteiger partial charge in [-0.1, -0.05) is 25.0 Å². The Hall–Kier alpha value is -3.55. The van der Waals surface area contributed by atoms with Crippen LogP contribution in [0.25, 0.3) is 16.9 Å². The lowest BCUT2D eigenvalue weighted by Gasteiger charge is -2.19. The second-order valence-corrected chi connectivity index (χ2v) is 7.90. The Morgan fingerprint density at radius 3 is 2.58 bits per heavy atom. The lowest BCUT2D eigenvalue weighted by molar-refractivity contribution is -0.122. The van der Waals surface area contributed by atoms with Crippen LogP contribution >= 0.6 is 0 Å². The average Bonchev–Trinajstić information content (AvgIpc) is 3.34. The van der Waals surface area contributed by atoms with Crippen molar-refractivity contribution >= 4 is 29.1 Å². The summed E-state index contributed by atoms with van der Waals surface area (Å²) >= 11 is 0. The van der Waals surface area contributed by atoms with E-state index in [0.29, 0.717) is 17.0 Å². The number of benzene rings is 1. The highest BCUT2D eigenvalue weighted by Crippen LogP contribution is 2.40. The average molecular weight is 418 g/mol. The first-order valence-corrected chi connectivity index (χ1v) is 10.6. The van der Waals surface area contributed by atoms with E-state index in [0.717, 1.165) is 31.2 Å². The van der Waals surface area contributed by atoms with E-state index in [1.807, 2.05) is 18.2 Å². The fourth-order valence-electron chi connectivity index (χ4n) is 4.68. The molecule has 0 unspecified atom stereocenters. The Kier molecular flexibility index (Phi) is 4.77. The zero-order chi connectivity index (χ0) is 21.5. The largest absolute Gasteiger partial charge is 0.462 e. The number of aromatic nitrogens is 3. The summed E-state index contributed by atoms with van der Waals surface area (Å²) in [5.41, 5.74) is 2.69. The third-order valence-corrected chi connectivity index (χ3v) is 6.14. The number of anilines is 1. The summed E-state index contributed by atoms with van der Waals surface area (Å²) in [6, 6.07) is 9.06. The summed E-state index contributed by atoms with van der Waals surface area (Å²) < 4.78 is 6.65. The number of amides is 2. The molecule has 0 bridgehead atoms. The van der Waals surface area contributed by atoms with E-state index in [2.05, 4.69) is 10.1 Å². The molecule has 2 amide bonds. The van der Waals surface area contributed by atoms with Crippen LogP contribution in [0, 0.1) is 11.8 Å². The highest BCUT2D eigenvalue weighted by molar-refractivity contribution is 6.22. The van der Waals surface area contributed by atoms with E-state index >= 15 is 0 Å². The summed E-state index contributed by atoms with van der Waals surface area (Å²) in [7, 11) is 0. The molecule has 1 saturated heterocycles. The summed E-state index contributed by atoms with van der Waals surface area (Å²) in [5.74, 6) is -1.08. The van der Waals surface area contributed by atoms with Gasteiger partial charge in [0.15, 0.2) is 5.65 Å². The number of carbonyl (C=O) groups excluding carboxylic acids is 3. The van der Waals surface area contributed by atoms with Gasteiger partial charge >= 0.3 is 5.97 Å². The van der Waals surface area contributed by atoms with Gasteiger partial charge in [-0.3, -0.25) is 14.5 Å². The first-order valence-electron chi connectivity index (χ1n) is 10.6. The maximum absolute atomic E-state index is 13.0. The number of rotatable bonds is 4. The predicted octanol–water partition coefficient (Wildman–Crippen LogP) is 3.25. The molecule has 5 rings (SSSR count). The molecule has 2 atom stereocenters. The third kappa shape index (κ3) is 3.10. The topological polar surface area (TPSA) is 93.9 Å². The summed E-state index contributed by atoms with van der Waals surface area (Å²) in [5, 5.41) is 4.32. The van der Waals surface area contributed by atoms with Gasteiger partial charge in [-0.25, -0.2) is 14.3 Å². The van der Waals surface area contributed by atoms with Gasteiger partial charge in [-0.15, -0.1) is 0 Å². The summed E-state index contributed by atoms with van der Waals surface area (Å²) in [6.45, 7) is 2.00. The van der Waals surface area contributed by atoms with E-state index in [1.165, 1.54) is 11.1 Å². The van der Waals surface area contributed by atoms with Gasteiger partial charge < -0.3 is 4.74 Å². The summed E-state index contributed by atoms with van der Waals surface area (Å²) in [6.07, 6.45) is 6.57. The Labute approximate surface area is 178 Å². The van der Waals surface area contributed by atoms with Crippen molar-refractivity contribution in [2.45, 2.75) is 32.6 Å². The van der Waals surface area contributed by atoms with Crippen molar-refractivity contribution in [3.05, 3.63) is 48.3 Å². The van der Waals surface area contributed by atoms with E-state index in [4.69, 9.17) is 4.74 Å². The normalized spacial score (nSPS) is 20.9. The van der Waals surface area contributed by atoms with Crippen LogP contribution < -0.4 is 4.90 Å². The number of hydrogen-bond donors (Lipinski definition) is 0. The predicted molar refractivity (Wildman–Crippen MR) is 112 cm³/mol. The molecule has 8 heteroatoms. The van der Waals surface area contributed by atoms with Gasteiger partial charge in [-0.2, -0.15) is 5.10 Å². The van der Waals surface area contributed by atoms with Crippen LogP contribution in [0.1, 0.15) is 43.0 Å². The monoisotopic (exact) mass is 418 g/mol. The van der Waals surface area contributed by atoms with Gasteiger partial charge in [0.05, 0.1) is 36.0 Å². The SMILES string of the molecule is CCOC(=O)c1cnn2c(-c3cccc(N4C(=O)[C@H]5CCCC[C@H]5C4=O)c3)ccnc12. The van der Waals surface area contributed by atoms with Crippen molar-refractivity contribution in [1.29, 1.82) is 0 Å². The fraction of sp³-hybridized carbons (Fsp3) is 0.348. The Morgan fingerprint density at radius 2 is 1.87 bits per heavy atom. The van der Waals surface area contributed by atoms with Gasteiger partial charge in [0.2, 0.25) is 11.8 Å². The number of fused-ring (bicyclic) bond motifs is 2. The maximum atomic E-state index is 13.0. The molecule has 8 nitrogen and oxygen atoms in total. The Morgan fingerprint density at radius 1 is 1.13 bits per heavy atom. The molecule has 0 N–H and O–H groups in total. The van der Waals surface area contributed by atoms with Crippen LogP contribution in [0.2, 0.25) is 0 Å². The second-order valence-electron chi connectivity index (χ2n) is 7.90. The Bertz CT molecular complexity index is 1180. The number of imide groups is 1. The lowest BCUT2D eigenvalue weighted by atomic mass is 9.81. The molecule has 0 radical (unpaired) electrons. The molecular weight excluding hydrogens is 396 g/mol. The van der Waals surface area contributed by atoms with Gasteiger partial charge in [-0.05, 0) is 38.0 Å². The van der Waals surface area contributed by atoms with Crippen molar-refractivity contribution in [2.24, 2.45) is 11.8 Å². The number of nitrogens with zero attached hydrogens (tertiary/aromatic N) is 4. The molecular formula is C23H22N4O4. The smallest absolute Gasteiger partial charge is 0.343 e. The minimum Gasteiger partial charge on any atom is -0.462 e.